The van der Waals surface area contributed by atoms with E-state index < -0.39 is 12.0 Å². The summed E-state index contributed by atoms with van der Waals surface area (Å²) in [6.07, 6.45) is 2.16. The second-order valence-electron chi connectivity index (χ2n) is 3.16. The van der Waals surface area contributed by atoms with E-state index in [1.165, 1.54) is 7.11 Å². The monoisotopic (exact) mass is 194 g/mol. The topological polar surface area (TPSA) is 65.2 Å². The van der Waals surface area contributed by atoms with Crippen LogP contribution >= 0.6 is 0 Å². The normalized spacial score (nSPS) is 12.2. The fourth-order valence-corrected chi connectivity index (χ4v) is 1.08. The van der Waals surface area contributed by atoms with Crippen LogP contribution in [-0.2, 0) is 16.0 Å². The number of pyridine rings is 1. The molecule has 4 heteroatoms. The first-order chi connectivity index (χ1) is 6.63. The quantitative estimate of drug-likeness (QED) is 0.709. The second-order valence-corrected chi connectivity index (χ2v) is 3.16. The van der Waals surface area contributed by atoms with Crippen LogP contribution < -0.4 is 5.73 Å². The van der Waals surface area contributed by atoms with Crippen molar-refractivity contribution in [3.8, 4) is 0 Å². The molecule has 0 aliphatic carbocycles. The van der Waals surface area contributed by atoms with Crippen molar-refractivity contribution in [3.63, 3.8) is 0 Å². The first-order valence-electron chi connectivity index (χ1n) is 4.38. The molecule has 14 heavy (non-hydrogen) atoms. The number of nitrogens with two attached hydrogens (primary N) is 1. The number of carbonyl (C=O) groups excluding carboxylic acids is 1. The Balaban J connectivity index is 2.60. The van der Waals surface area contributed by atoms with Crippen molar-refractivity contribution in [1.29, 1.82) is 0 Å². The van der Waals surface area contributed by atoms with Gasteiger partial charge in [-0.15, -0.1) is 0 Å². The van der Waals surface area contributed by atoms with Crippen LogP contribution in [0, 0.1) is 6.92 Å². The van der Waals surface area contributed by atoms with E-state index in [1.54, 1.807) is 6.20 Å². The molecule has 0 saturated heterocycles. The molecule has 0 saturated carbocycles. The molecule has 1 aromatic heterocycles. The number of esters is 1. The number of carbonyl (C=O) groups is 1. The van der Waals surface area contributed by atoms with Gasteiger partial charge in [0.1, 0.15) is 6.04 Å². The van der Waals surface area contributed by atoms with Crippen LogP contribution in [-0.4, -0.2) is 24.1 Å². The molecule has 0 spiro atoms. The summed E-state index contributed by atoms with van der Waals surface area (Å²) >= 11 is 0. The number of ether oxygens (including phenoxy) is 1. The van der Waals surface area contributed by atoms with Gasteiger partial charge < -0.3 is 10.5 Å². The standard InChI is InChI=1S/C10H14N2O2/c1-7-3-4-8(12-6-7)5-9(11)10(13)14-2/h3-4,6,9H,5,11H2,1-2H3. The van der Waals surface area contributed by atoms with Gasteiger partial charge in [0.15, 0.2) is 0 Å². The largest absolute Gasteiger partial charge is 0.468 e. The molecular formula is C10H14N2O2. The molecule has 1 unspecified atom stereocenters. The molecule has 0 fully saturated rings. The van der Waals surface area contributed by atoms with Gasteiger partial charge in [0.25, 0.3) is 0 Å². The molecule has 0 aromatic carbocycles. The zero-order valence-electron chi connectivity index (χ0n) is 8.36. The van der Waals surface area contributed by atoms with E-state index in [4.69, 9.17) is 5.73 Å². The van der Waals surface area contributed by atoms with Gasteiger partial charge in [-0.25, -0.2) is 0 Å². The van der Waals surface area contributed by atoms with Crippen LogP contribution in [0.25, 0.3) is 0 Å². The molecule has 1 atom stereocenters. The Hall–Kier alpha value is -1.42. The predicted octanol–water partition coefficient (Wildman–Crippen LogP) is 0.433. The Morgan fingerprint density at radius 3 is 2.86 bits per heavy atom. The van der Waals surface area contributed by atoms with Crippen LogP contribution in [0.4, 0.5) is 0 Å². The molecule has 0 aliphatic rings. The van der Waals surface area contributed by atoms with Crippen LogP contribution in [0.3, 0.4) is 0 Å². The van der Waals surface area contributed by atoms with Crippen molar-refractivity contribution in [1.82, 2.24) is 4.98 Å². The molecule has 0 bridgehead atoms. The number of methoxy groups -OCH3 is 1. The molecule has 1 aromatic rings. The molecular weight excluding hydrogens is 180 g/mol. The van der Waals surface area contributed by atoms with Crippen LogP contribution in [0.5, 0.6) is 0 Å². The van der Waals surface area contributed by atoms with Gasteiger partial charge in [0.2, 0.25) is 0 Å². The minimum absolute atomic E-state index is 0.410. The van der Waals surface area contributed by atoms with Gasteiger partial charge in [-0.2, -0.15) is 0 Å². The van der Waals surface area contributed by atoms with Gasteiger partial charge in [0.05, 0.1) is 7.11 Å². The maximum Gasteiger partial charge on any atom is 0.323 e. The Kier molecular flexibility index (Phi) is 3.59. The predicted molar refractivity (Wildman–Crippen MR) is 52.7 cm³/mol. The number of rotatable bonds is 3. The van der Waals surface area contributed by atoms with E-state index in [0.717, 1.165) is 11.3 Å². The SMILES string of the molecule is COC(=O)C(N)Cc1ccc(C)cn1. The maximum absolute atomic E-state index is 11.0. The zero-order chi connectivity index (χ0) is 10.6. The third kappa shape index (κ3) is 2.81. The fourth-order valence-electron chi connectivity index (χ4n) is 1.08. The Bertz CT molecular complexity index is 308. The first kappa shape index (κ1) is 10.7. The highest BCUT2D eigenvalue weighted by Gasteiger charge is 2.14. The van der Waals surface area contributed by atoms with Crippen molar-refractivity contribution in [3.05, 3.63) is 29.6 Å². The molecule has 0 aliphatic heterocycles. The molecule has 4 nitrogen and oxygen atoms in total. The number of hydrogen-bond acceptors (Lipinski definition) is 4. The van der Waals surface area contributed by atoms with E-state index in [0.29, 0.717) is 6.42 Å². The van der Waals surface area contributed by atoms with E-state index in [9.17, 15) is 4.79 Å². The number of hydrogen-bond donors (Lipinski definition) is 1. The van der Waals surface area contributed by atoms with Crippen LogP contribution in [0.15, 0.2) is 18.3 Å². The summed E-state index contributed by atoms with van der Waals surface area (Å²) in [6.45, 7) is 1.96. The first-order valence-corrected chi connectivity index (χ1v) is 4.38. The van der Waals surface area contributed by atoms with Crippen molar-refractivity contribution in [2.75, 3.05) is 7.11 Å². The summed E-state index contributed by atoms with van der Waals surface area (Å²) in [4.78, 5) is 15.2. The maximum atomic E-state index is 11.0. The molecule has 76 valence electrons. The van der Waals surface area contributed by atoms with E-state index in [2.05, 4.69) is 9.72 Å². The molecule has 1 heterocycles. The summed E-state index contributed by atoms with van der Waals surface area (Å²) in [5.41, 5.74) is 7.47. The van der Waals surface area contributed by atoms with Gasteiger partial charge >= 0.3 is 5.97 Å². The lowest BCUT2D eigenvalue weighted by Gasteiger charge is -2.08. The third-order valence-corrected chi connectivity index (χ3v) is 1.91. The average Bonchev–Trinajstić information content (AvgIpc) is 2.20. The lowest BCUT2D eigenvalue weighted by molar-refractivity contribution is -0.142. The van der Waals surface area contributed by atoms with Crippen molar-refractivity contribution in [2.24, 2.45) is 5.73 Å². The Labute approximate surface area is 83.1 Å². The zero-order valence-corrected chi connectivity index (χ0v) is 8.36. The minimum Gasteiger partial charge on any atom is -0.468 e. The van der Waals surface area contributed by atoms with Crippen molar-refractivity contribution in [2.45, 2.75) is 19.4 Å². The lowest BCUT2D eigenvalue weighted by atomic mass is 10.1. The highest BCUT2D eigenvalue weighted by Crippen LogP contribution is 2.01. The fraction of sp³-hybridized carbons (Fsp3) is 0.400. The van der Waals surface area contributed by atoms with Gasteiger partial charge in [-0.3, -0.25) is 9.78 Å². The van der Waals surface area contributed by atoms with Crippen LogP contribution in [0.1, 0.15) is 11.3 Å². The summed E-state index contributed by atoms with van der Waals surface area (Å²) < 4.78 is 4.52. The average molecular weight is 194 g/mol. The summed E-state index contributed by atoms with van der Waals surface area (Å²) in [7, 11) is 1.32. The molecule has 2 N–H and O–H groups in total. The minimum atomic E-state index is -0.629. The smallest absolute Gasteiger partial charge is 0.323 e. The highest BCUT2D eigenvalue weighted by molar-refractivity contribution is 5.75. The van der Waals surface area contributed by atoms with Crippen molar-refractivity contribution >= 4 is 5.97 Å². The van der Waals surface area contributed by atoms with E-state index >= 15 is 0 Å². The van der Waals surface area contributed by atoms with Gasteiger partial charge in [-0.1, -0.05) is 6.07 Å². The van der Waals surface area contributed by atoms with Gasteiger partial charge in [0, 0.05) is 18.3 Å². The summed E-state index contributed by atoms with van der Waals surface area (Å²) in [5, 5.41) is 0. The molecule has 0 radical (unpaired) electrons. The third-order valence-electron chi connectivity index (χ3n) is 1.91. The molecule has 0 amide bonds. The molecule has 1 rings (SSSR count). The second kappa shape index (κ2) is 4.72. The Morgan fingerprint density at radius 1 is 1.64 bits per heavy atom. The number of aromatic nitrogens is 1. The van der Waals surface area contributed by atoms with E-state index in [-0.39, 0.29) is 0 Å². The highest BCUT2D eigenvalue weighted by atomic mass is 16.5. The van der Waals surface area contributed by atoms with Crippen molar-refractivity contribution < 1.29 is 9.53 Å². The van der Waals surface area contributed by atoms with Gasteiger partial charge in [-0.05, 0) is 18.6 Å². The Morgan fingerprint density at radius 2 is 2.36 bits per heavy atom. The number of aryl methyl sites for hydroxylation is 1. The lowest BCUT2D eigenvalue weighted by Crippen LogP contribution is -2.33. The van der Waals surface area contributed by atoms with E-state index in [1.807, 2.05) is 19.1 Å². The number of nitrogens with zero attached hydrogens (tertiary/aromatic N) is 1. The van der Waals surface area contributed by atoms with Crippen LogP contribution in [0.2, 0.25) is 0 Å². The summed E-state index contributed by atoms with van der Waals surface area (Å²) in [5.74, 6) is -0.410. The summed E-state index contributed by atoms with van der Waals surface area (Å²) in [6, 6.07) is 3.17.